The van der Waals surface area contributed by atoms with Crippen molar-refractivity contribution in [3.8, 4) is 0 Å². The second kappa shape index (κ2) is 5.83. The van der Waals surface area contributed by atoms with E-state index in [0.29, 0.717) is 0 Å². The lowest BCUT2D eigenvalue weighted by Crippen LogP contribution is -2.25. The van der Waals surface area contributed by atoms with Gasteiger partial charge in [-0.1, -0.05) is 12.1 Å². The molecule has 0 fully saturated rings. The van der Waals surface area contributed by atoms with E-state index in [1.165, 1.54) is 0 Å². The number of hydrogen-bond donors (Lipinski definition) is 3. The van der Waals surface area contributed by atoms with Crippen LogP contribution in [0.5, 0.6) is 0 Å². The molecule has 0 aliphatic rings. The van der Waals surface area contributed by atoms with Crippen molar-refractivity contribution < 1.29 is 0 Å². The first kappa shape index (κ1) is 13.5. The maximum atomic E-state index is 11.3. The van der Waals surface area contributed by atoms with E-state index in [4.69, 9.17) is 0 Å². The van der Waals surface area contributed by atoms with E-state index in [2.05, 4.69) is 20.7 Å². The number of H-pyrrole nitrogens is 2. The fraction of sp³-hybridized carbons (Fsp3) is 0.167. The Morgan fingerprint density at radius 2 is 1.95 bits per heavy atom. The first-order valence-electron chi connectivity index (χ1n) is 5.82. The fourth-order valence-corrected chi connectivity index (χ4v) is 1.45. The Labute approximate surface area is 114 Å². The molecule has 0 spiro atoms. The van der Waals surface area contributed by atoms with E-state index in [0.717, 1.165) is 11.3 Å². The van der Waals surface area contributed by atoms with Gasteiger partial charge in [0.1, 0.15) is 0 Å². The van der Waals surface area contributed by atoms with Crippen LogP contribution in [0.15, 0.2) is 39.0 Å². The normalized spacial score (nSPS) is 10.7. The number of benzene rings is 1. The molecule has 8 nitrogen and oxygen atoms in total. The number of hydrazone groups is 1. The second-order valence-corrected chi connectivity index (χ2v) is 4.21. The number of nitrogens with zero attached hydrogens (tertiary/aromatic N) is 3. The molecule has 20 heavy (non-hydrogen) atoms. The molecule has 2 rings (SSSR count). The van der Waals surface area contributed by atoms with Crippen LogP contribution in [0.25, 0.3) is 0 Å². The summed E-state index contributed by atoms with van der Waals surface area (Å²) in [5.41, 5.74) is 3.11. The van der Waals surface area contributed by atoms with Crippen LogP contribution in [-0.4, -0.2) is 35.5 Å². The molecule has 0 radical (unpaired) electrons. The molecule has 0 aliphatic heterocycles. The number of hydrogen-bond acceptors (Lipinski definition) is 6. The Morgan fingerprint density at radius 3 is 2.55 bits per heavy atom. The second-order valence-electron chi connectivity index (χ2n) is 4.21. The summed E-state index contributed by atoms with van der Waals surface area (Å²) in [6, 6.07) is 7.69. The smallest absolute Gasteiger partial charge is 0.342 e. The first-order chi connectivity index (χ1) is 9.56. The van der Waals surface area contributed by atoms with Gasteiger partial charge in [0.25, 0.3) is 5.56 Å². The van der Waals surface area contributed by atoms with Gasteiger partial charge in [-0.15, -0.1) is 5.10 Å². The van der Waals surface area contributed by atoms with Gasteiger partial charge in [0.05, 0.1) is 6.21 Å². The Morgan fingerprint density at radius 1 is 1.25 bits per heavy atom. The third kappa shape index (κ3) is 3.31. The van der Waals surface area contributed by atoms with Crippen molar-refractivity contribution in [1.82, 2.24) is 15.2 Å². The molecule has 2 aromatic rings. The van der Waals surface area contributed by atoms with Crippen molar-refractivity contribution >= 4 is 17.7 Å². The van der Waals surface area contributed by atoms with Crippen molar-refractivity contribution in [1.29, 1.82) is 0 Å². The molecule has 8 heteroatoms. The van der Waals surface area contributed by atoms with Gasteiger partial charge in [-0.3, -0.25) is 15.2 Å². The van der Waals surface area contributed by atoms with Crippen LogP contribution in [0, 0.1) is 0 Å². The molecule has 0 saturated carbocycles. The van der Waals surface area contributed by atoms with Crippen LogP contribution in [0.2, 0.25) is 0 Å². The Kier molecular flexibility index (Phi) is 3.94. The zero-order valence-electron chi connectivity index (χ0n) is 11.0. The Bertz CT molecular complexity index is 714. The van der Waals surface area contributed by atoms with Gasteiger partial charge in [0.2, 0.25) is 5.82 Å². The van der Waals surface area contributed by atoms with E-state index < -0.39 is 11.2 Å². The van der Waals surface area contributed by atoms with E-state index in [9.17, 15) is 9.59 Å². The van der Waals surface area contributed by atoms with Gasteiger partial charge < -0.3 is 4.90 Å². The summed E-state index contributed by atoms with van der Waals surface area (Å²) < 4.78 is 0. The molecular formula is C12H14N6O2. The molecule has 0 saturated heterocycles. The van der Waals surface area contributed by atoms with E-state index in [1.54, 1.807) is 6.21 Å². The van der Waals surface area contributed by atoms with E-state index in [-0.39, 0.29) is 5.82 Å². The van der Waals surface area contributed by atoms with Crippen molar-refractivity contribution in [2.24, 2.45) is 5.10 Å². The topological polar surface area (TPSA) is 106 Å². The molecule has 0 amide bonds. The fourth-order valence-electron chi connectivity index (χ4n) is 1.45. The van der Waals surface area contributed by atoms with E-state index >= 15 is 0 Å². The first-order valence-corrected chi connectivity index (χ1v) is 5.82. The summed E-state index contributed by atoms with van der Waals surface area (Å²) in [6.07, 6.45) is 1.55. The zero-order valence-corrected chi connectivity index (χ0v) is 11.0. The molecule has 1 aromatic carbocycles. The van der Waals surface area contributed by atoms with Gasteiger partial charge in [0.15, 0.2) is 0 Å². The number of anilines is 2. The van der Waals surface area contributed by atoms with Crippen LogP contribution < -0.4 is 21.6 Å². The van der Waals surface area contributed by atoms with Crippen LogP contribution in [0.4, 0.5) is 11.5 Å². The Hall–Kier alpha value is -2.90. The lowest BCUT2D eigenvalue weighted by Gasteiger charge is -2.11. The quantitative estimate of drug-likeness (QED) is 0.536. The van der Waals surface area contributed by atoms with Crippen molar-refractivity contribution in [2.75, 3.05) is 24.4 Å². The summed E-state index contributed by atoms with van der Waals surface area (Å²) >= 11 is 0. The van der Waals surface area contributed by atoms with Gasteiger partial charge in [0, 0.05) is 19.8 Å². The van der Waals surface area contributed by atoms with Crippen LogP contribution in [0.1, 0.15) is 5.56 Å². The minimum absolute atomic E-state index is 0.0780. The third-order valence-corrected chi connectivity index (χ3v) is 2.50. The Balaban J connectivity index is 2.06. The largest absolute Gasteiger partial charge is 0.378 e. The highest BCUT2D eigenvalue weighted by atomic mass is 16.2. The maximum Gasteiger partial charge on any atom is 0.342 e. The van der Waals surface area contributed by atoms with Gasteiger partial charge in [-0.25, -0.2) is 9.89 Å². The molecule has 0 atom stereocenters. The lowest BCUT2D eigenvalue weighted by molar-refractivity contribution is 0.890. The SMILES string of the molecule is CN(C)c1ccc(/C=N\Nc2n[nH]c(=O)[nH]c2=O)cc1. The molecular weight excluding hydrogens is 260 g/mol. The molecule has 1 heterocycles. The highest BCUT2D eigenvalue weighted by Gasteiger charge is 1.99. The summed E-state index contributed by atoms with van der Waals surface area (Å²) in [5.74, 6) is -0.0780. The lowest BCUT2D eigenvalue weighted by atomic mass is 10.2. The molecule has 104 valence electrons. The summed E-state index contributed by atoms with van der Waals surface area (Å²) in [4.78, 5) is 26.1. The summed E-state index contributed by atoms with van der Waals surface area (Å²) in [5, 5.41) is 9.52. The monoisotopic (exact) mass is 274 g/mol. The zero-order chi connectivity index (χ0) is 14.5. The molecule has 3 N–H and O–H groups in total. The number of aromatic nitrogens is 3. The summed E-state index contributed by atoms with van der Waals surface area (Å²) in [6.45, 7) is 0. The average molecular weight is 274 g/mol. The van der Waals surface area contributed by atoms with Crippen LogP contribution in [0.3, 0.4) is 0 Å². The molecule has 0 aliphatic carbocycles. The predicted molar refractivity (Wildman–Crippen MR) is 77.5 cm³/mol. The minimum Gasteiger partial charge on any atom is -0.378 e. The van der Waals surface area contributed by atoms with Gasteiger partial charge in [-0.05, 0) is 17.7 Å². The number of nitrogens with one attached hydrogen (secondary N) is 3. The van der Waals surface area contributed by atoms with Crippen molar-refractivity contribution in [3.63, 3.8) is 0 Å². The standard InChI is InChI=1S/C12H14N6O2/c1-18(2)9-5-3-8(4-6-9)7-13-15-10-11(19)14-12(20)17-16-10/h3-7H,1-2H3,(H,15,16)(H2,14,17,19,20)/b13-7-. The third-order valence-electron chi connectivity index (χ3n) is 2.50. The van der Waals surface area contributed by atoms with Gasteiger partial charge in [-0.2, -0.15) is 5.10 Å². The van der Waals surface area contributed by atoms with Gasteiger partial charge >= 0.3 is 5.69 Å². The van der Waals surface area contributed by atoms with Crippen molar-refractivity contribution in [2.45, 2.75) is 0 Å². The highest BCUT2D eigenvalue weighted by molar-refractivity contribution is 5.80. The average Bonchev–Trinajstić information content (AvgIpc) is 2.42. The minimum atomic E-state index is -0.663. The molecule has 1 aromatic heterocycles. The maximum absolute atomic E-state index is 11.3. The highest BCUT2D eigenvalue weighted by Crippen LogP contribution is 2.10. The molecule has 0 bridgehead atoms. The number of rotatable bonds is 4. The summed E-state index contributed by atoms with van der Waals surface area (Å²) in [7, 11) is 3.91. The van der Waals surface area contributed by atoms with E-state index in [1.807, 2.05) is 48.2 Å². The molecule has 0 unspecified atom stereocenters. The van der Waals surface area contributed by atoms with Crippen LogP contribution in [-0.2, 0) is 0 Å². The number of aromatic amines is 2. The van der Waals surface area contributed by atoms with Crippen LogP contribution >= 0.6 is 0 Å². The van der Waals surface area contributed by atoms with Crippen molar-refractivity contribution in [3.05, 3.63) is 50.7 Å². The predicted octanol–water partition coefficient (Wildman–Crippen LogP) is -0.0298.